The highest BCUT2D eigenvalue weighted by atomic mass is 32.1. The summed E-state index contributed by atoms with van der Waals surface area (Å²) < 4.78 is 10.2. The number of fused-ring (bicyclic) bond motifs is 1. The molecule has 25 heavy (non-hydrogen) atoms. The molecule has 0 aromatic carbocycles. The Morgan fingerprint density at radius 2 is 1.76 bits per heavy atom. The van der Waals surface area contributed by atoms with Crippen molar-refractivity contribution >= 4 is 33.3 Å². The van der Waals surface area contributed by atoms with E-state index in [0.29, 0.717) is 32.1 Å². The molecule has 2 heterocycles. The predicted octanol–water partition coefficient (Wildman–Crippen LogP) is 2.15. The van der Waals surface area contributed by atoms with Gasteiger partial charge in [0.05, 0.1) is 25.1 Å². The molecule has 0 unspecified atom stereocenters. The van der Waals surface area contributed by atoms with Crippen molar-refractivity contribution in [1.29, 1.82) is 0 Å². The normalized spacial score (nSPS) is 11.1. The number of nitrogens with zero attached hydrogens (tertiary/aromatic N) is 3. The summed E-state index contributed by atoms with van der Waals surface area (Å²) >= 11 is 1.65. The maximum atomic E-state index is 12.6. The summed E-state index contributed by atoms with van der Waals surface area (Å²) in [5.41, 5.74) is 1.16. The minimum atomic E-state index is -0.0110. The number of thiophene rings is 1. The lowest BCUT2D eigenvalue weighted by molar-refractivity contribution is -0.130. The van der Waals surface area contributed by atoms with E-state index in [9.17, 15) is 4.79 Å². The van der Waals surface area contributed by atoms with Gasteiger partial charge in [-0.2, -0.15) is 0 Å². The van der Waals surface area contributed by atoms with Gasteiger partial charge < -0.3 is 19.7 Å². The lowest BCUT2D eigenvalue weighted by Gasteiger charge is -2.22. The van der Waals surface area contributed by atoms with Crippen LogP contribution in [0.2, 0.25) is 0 Å². The fourth-order valence-electron chi connectivity index (χ4n) is 2.52. The van der Waals surface area contributed by atoms with E-state index in [2.05, 4.69) is 29.1 Å². The van der Waals surface area contributed by atoms with Crippen molar-refractivity contribution < 1.29 is 14.3 Å². The SMILES string of the molecule is COCCN(CCOC)C(=O)CNc1nc(C)nc2sc(C)c(C)c12. The van der Waals surface area contributed by atoms with Crippen molar-refractivity contribution in [2.24, 2.45) is 0 Å². The zero-order valence-corrected chi connectivity index (χ0v) is 16.3. The summed E-state index contributed by atoms with van der Waals surface area (Å²) in [6.45, 7) is 8.23. The summed E-state index contributed by atoms with van der Waals surface area (Å²) in [6, 6.07) is 0. The number of hydrogen-bond acceptors (Lipinski definition) is 7. The van der Waals surface area contributed by atoms with Gasteiger partial charge in [0, 0.05) is 32.2 Å². The molecule has 7 nitrogen and oxygen atoms in total. The van der Waals surface area contributed by atoms with Gasteiger partial charge >= 0.3 is 0 Å². The van der Waals surface area contributed by atoms with Gasteiger partial charge in [-0.05, 0) is 26.3 Å². The standard InChI is InChI=1S/C17H26N4O3S/c1-11-12(2)25-17-15(11)16(19-13(3)20-17)18-10-14(22)21(6-8-23-4)7-9-24-5/h6-10H2,1-5H3,(H,18,19,20). The minimum Gasteiger partial charge on any atom is -0.383 e. The first kappa shape index (κ1) is 19.6. The summed E-state index contributed by atoms with van der Waals surface area (Å²) in [6.07, 6.45) is 0. The number of carbonyl (C=O) groups is 1. The first-order chi connectivity index (χ1) is 12.0. The first-order valence-electron chi connectivity index (χ1n) is 8.21. The Hall–Kier alpha value is -1.77. The van der Waals surface area contributed by atoms with E-state index in [4.69, 9.17) is 9.47 Å². The number of nitrogens with one attached hydrogen (secondary N) is 1. The van der Waals surface area contributed by atoms with Crippen LogP contribution in [0.15, 0.2) is 0 Å². The average molecular weight is 366 g/mol. The minimum absolute atomic E-state index is 0.0110. The summed E-state index contributed by atoms with van der Waals surface area (Å²) in [5, 5.41) is 4.20. The van der Waals surface area contributed by atoms with Crippen molar-refractivity contribution in [3.63, 3.8) is 0 Å². The molecule has 0 saturated carbocycles. The molecule has 2 aromatic rings. The van der Waals surface area contributed by atoms with E-state index >= 15 is 0 Å². The largest absolute Gasteiger partial charge is 0.383 e. The van der Waals surface area contributed by atoms with Crippen LogP contribution in [0.1, 0.15) is 16.3 Å². The molecule has 0 radical (unpaired) electrons. The number of methoxy groups -OCH3 is 2. The molecule has 0 aliphatic heterocycles. The highest BCUT2D eigenvalue weighted by Crippen LogP contribution is 2.33. The topological polar surface area (TPSA) is 76.6 Å². The van der Waals surface area contributed by atoms with Gasteiger partial charge in [0.1, 0.15) is 16.5 Å². The molecule has 8 heteroatoms. The molecular formula is C17H26N4O3S. The van der Waals surface area contributed by atoms with Crippen molar-refractivity contribution in [3.05, 3.63) is 16.3 Å². The molecule has 0 spiro atoms. The van der Waals surface area contributed by atoms with E-state index < -0.39 is 0 Å². The fraction of sp³-hybridized carbons (Fsp3) is 0.588. The molecule has 0 aliphatic rings. The maximum Gasteiger partial charge on any atom is 0.242 e. The molecule has 0 saturated heterocycles. The molecule has 0 atom stereocenters. The number of rotatable bonds is 9. The van der Waals surface area contributed by atoms with Crippen molar-refractivity contribution in [1.82, 2.24) is 14.9 Å². The third kappa shape index (κ3) is 4.87. The monoisotopic (exact) mass is 366 g/mol. The smallest absolute Gasteiger partial charge is 0.242 e. The summed E-state index contributed by atoms with van der Waals surface area (Å²) in [7, 11) is 3.25. The fourth-order valence-corrected chi connectivity index (χ4v) is 3.59. The number of carbonyl (C=O) groups excluding carboxylic acids is 1. The van der Waals surface area contributed by atoms with Gasteiger partial charge in [-0.1, -0.05) is 0 Å². The molecular weight excluding hydrogens is 340 g/mol. The van der Waals surface area contributed by atoms with E-state index in [0.717, 1.165) is 21.6 Å². The van der Waals surface area contributed by atoms with Crippen LogP contribution in [0.4, 0.5) is 5.82 Å². The predicted molar refractivity (Wildman–Crippen MR) is 100 cm³/mol. The van der Waals surface area contributed by atoms with E-state index in [1.54, 1.807) is 30.5 Å². The molecule has 2 aromatic heterocycles. The molecule has 1 N–H and O–H groups in total. The number of hydrogen-bond donors (Lipinski definition) is 1. The van der Waals surface area contributed by atoms with Gasteiger partial charge in [-0.15, -0.1) is 11.3 Å². The Labute approximate surface area is 152 Å². The second kappa shape index (κ2) is 9.07. The summed E-state index contributed by atoms with van der Waals surface area (Å²) in [4.78, 5) is 25.4. The van der Waals surface area contributed by atoms with Gasteiger partial charge in [0.2, 0.25) is 5.91 Å². The third-order valence-electron chi connectivity index (χ3n) is 4.03. The van der Waals surface area contributed by atoms with Crippen LogP contribution in [-0.4, -0.2) is 67.8 Å². The molecule has 0 fully saturated rings. The second-order valence-electron chi connectivity index (χ2n) is 5.80. The Balaban J connectivity index is 2.13. The van der Waals surface area contributed by atoms with Gasteiger partial charge in [0.25, 0.3) is 0 Å². The average Bonchev–Trinajstić information content (AvgIpc) is 2.86. The molecule has 2 rings (SSSR count). The van der Waals surface area contributed by atoms with Crippen LogP contribution in [0.25, 0.3) is 10.2 Å². The zero-order chi connectivity index (χ0) is 18.4. The zero-order valence-electron chi connectivity index (χ0n) is 15.5. The summed E-state index contributed by atoms with van der Waals surface area (Å²) in [5.74, 6) is 1.40. The maximum absolute atomic E-state index is 12.6. The first-order valence-corrected chi connectivity index (χ1v) is 9.03. The number of aryl methyl sites for hydroxylation is 3. The van der Waals surface area contributed by atoms with Crippen molar-refractivity contribution in [2.75, 3.05) is 52.4 Å². The highest BCUT2D eigenvalue weighted by Gasteiger charge is 2.16. The number of anilines is 1. The third-order valence-corrected chi connectivity index (χ3v) is 5.13. The Kier molecular flexibility index (Phi) is 7.10. The van der Waals surface area contributed by atoms with Crippen LogP contribution < -0.4 is 5.32 Å². The second-order valence-corrected chi connectivity index (χ2v) is 7.01. The molecule has 0 aliphatic carbocycles. The quantitative estimate of drug-likeness (QED) is 0.733. The van der Waals surface area contributed by atoms with Crippen molar-refractivity contribution in [2.45, 2.75) is 20.8 Å². The van der Waals surface area contributed by atoms with Gasteiger partial charge in [-0.25, -0.2) is 9.97 Å². The number of aromatic nitrogens is 2. The van der Waals surface area contributed by atoms with Crippen molar-refractivity contribution in [3.8, 4) is 0 Å². The Bertz CT molecular complexity index is 724. The van der Waals surface area contributed by atoms with E-state index in [1.807, 2.05) is 6.92 Å². The molecule has 138 valence electrons. The van der Waals surface area contributed by atoms with Crippen LogP contribution in [0, 0.1) is 20.8 Å². The molecule has 0 bridgehead atoms. The van der Waals surface area contributed by atoms with Crippen LogP contribution in [0.5, 0.6) is 0 Å². The van der Waals surface area contributed by atoms with Crippen LogP contribution in [-0.2, 0) is 14.3 Å². The Morgan fingerprint density at radius 3 is 2.36 bits per heavy atom. The van der Waals surface area contributed by atoms with Crippen LogP contribution >= 0.6 is 11.3 Å². The highest BCUT2D eigenvalue weighted by molar-refractivity contribution is 7.18. The lowest BCUT2D eigenvalue weighted by Crippen LogP contribution is -2.40. The van der Waals surface area contributed by atoms with E-state index in [-0.39, 0.29) is 12.5 Å². The number of ether oxygens (including phenoxy) is 2. The van der Waals surface area contributed by atoms with E-state index in [1.165, 1.54) is 4.88 Å². The lowest BCUT2D eigenvalue weighted by atomic mass is 10.2. The van der Waals surface area contributed by atoms with Crippen LogP contribution in [0.3, 0.4) is 0 Å². The number of amides is 1. The van der Waals surface area contributed by atoms with Gasteiger partial charge in [0.15, 0.2) is 0 Å². The van der Waals surface area contributed by atoms with Gasteiger partial charge in [-0.3, -0.25) is 4.79 Å². The molecule has 1 amide bonds. The Morgan fingerprint density at radius 1 is 1.12 bits per heavy atom.